The molecule has 0 aliphatic rings. The van der Waals surface area contributed by atoms with Crippen molar-refractivity contribution in [3.05, 3.63) is 12.7 Å². The molecule has 3 N–H and O–H groups in total. The summed E-state index contributed by atoms with van der Waals surface area (Å²) in [5, 5.41) is 0. The van der Waals surface area contributed by atoms with Crippen molar-refractivity contribution in [1.82, 2.24) is 19.5 Å². The number of nitrogen functional groups attached to an aromatic ring is 1. The van der Waals surface area contributed by atoms with Crippen molar-refractivity contribution in [2.45, 2.75) is 6.54 Å². The molecule has 0 saturated heterocycles. The maximum atomic E-state index is 11.0. The molecule has 2 radical (unpaired) electrons. The van der Waals surface area contributed by atoms with E-state index in [2.05, 4.69) is 27.4 Å². The lowest BCUT2D eigenvalue weighted by Gasteiger charge is -2.10. The Morgan fingerprint density at radius 3 is 3.00 bits per heavy atom. The first-order chi connectivity index (χ1) is 9.03. The summed E-state index contributed by atoms with van der Waals surface area (Å²) in [5.41, 5.74) is 6.71. The lowest BCUT2D eigenvalue weighted by Crippen LogP contribution is -2.07. The van der Waals surface area contributed by atoms with Crippen LogP contribution in [0.2, 0.25) is 0 Å². The third-order valence-corrected chi connectivity index (χ3v) is 3.16. The number of aromatic nitrogens is 4. The van der Waals surface area contributed by atoms with Crippen LogP contribution >= 0.6 is 7.60 Å². The van der Waals surface area contributed by atoms with E-state index in [1.54, 1.807) is 4.57 Å². The maximum absolute atomic E-state index is 11.0. The molecule has 2 aromatic rings. The Balaban J connectivity index is 1.96. The van der Waals surface area contributed by atoms with Crippen molar-refractivity contribution >= 4 is 32.6 Å². The van der Waals surface area contributed by atoms with E-state index in [4.69, 9.17) is 15.4 Å². The van der Waals surface area contributed by atoms with Crippen LogP contribution in [0.5, 0.6) is 0 Å². The number of ether oxygens (including phenoxy) is 1. The molecule has 0 fully saturated rings. The average Bonchev–Trinajstić information content (AvgIpc) is 2.80. The normalized spacial score (nSPS) is 14.6. The van der Waals surface area contributed by atoms with Gasteiger partial charge in [0.05, 0.1) is 12.9 Å². The van der Waals surface area contributed by atoms with Crippen LogP contribution in [0.1, 0.15) is 0 Å². The molecule has 100 valence electrons. The zero-order chi connectivity index (χ0) is 13.9. The van der Waals surface area contributed by atoms with Crippen LogP contribution in [0, 0.1) is 0 Å². The Morgan fingerprint density at radius 2 is 2.26 bits per heavy atom. The zero-order valence-corrected chi connectivity index (χ0v) is 10.7. The van der Waals surface area contributed by atoms with E-state index < -0.39 is 13.9 Å². The molecule has 0 amide bonds. The fraction of sp³-hybridized carbons (Fsp3) is 0.375. The second-order valence-electron chi connectivity index (χ2n) is 3.65. The van der Waals surface area contributed by atoms with Gasteiger partial charge >= 0.3 is 7.60 Å². The number of rotatable bonds is 6. The van der Waals surface area contributed by atoms with Crippen molar-refractivity contribution in [1.29, 1.82) is 0 Å². The number of nitrogens with two attached hydrogens (primary N) is 1. The summed E-state index contributed by atoms with van der Waals surface area (Å²) >= 11 is 0. The van der Waals surface area contributed by atoms with Crippen LogP contribution in [0.3, 0.4) is 0 Å². The summed E-state index contributed by atoms with van der Waals surface area (Å²) < 4.78 is 21.6. The molecule has 0 bridgehead atoms. The van der Waals surface area contributed by atoms with Crippen molar-refractivity contribution in [2.75, 3.05) is 18.7 Å². The molecule has 1 unspecified atom stereocenters. The van der Waals surface area contributed by atoms with Gasteiger partial charge in [0.2, 0.25) is 0 Å². The maximum Gasteiger partial charge on any atom is 0.338 e. The van der Waals surface area contributed by atoms with Crippen molar-refractivity contribution in [3.63, 3.8) is 0 Å². The third-order valence-electron chi connectivity index (χ3n) is 2.33. The molecule has 0 saturated carbocycles. The molecule has 0 spiro atoms. The summed E-state index contributed by atoms with van der Waals surface area (Å²) in [6.45, 7) is 0.556. The summed E-state index contributed by atoms with van der Waals surface area (Å²) in [7, 11) is 0.784. The molecule has 2 heterocycles. The van der Waals surface area contributed by atoms with Gasteiger partial charge in [-0.3, -0.25) is 4.57 Å². The van der Waals surface area contributed by atoms with Crippen LogP contribution in [0.25, 0.3) is 11.2 Å². The average molecular weight is 283 g/mol. The van der Waals surface area contributed by atoms with E-state index in [0.29, 0.717) is 23.5 Å². The summed E-state index contributed by atoms with van der Waals surface area (Å²) in [5.74, 6) is 0.293. The van der Waals surface area contributed by atoms with Crippen LogP contribution < -0.4 is 5.73 Å². The number of hydrogen-bond donors (Lipinski definition) is 2. The van der Waals surface area contributed by atoms with Crippen LogP contribution in [0.15, 0.2) is 12.7 Å². The van der Waals surface area contributed by atoms with E-state index >= 15 is 0 Å². The summed E-state index contributed by atoms with van der Waals surface area (Å²) in [6, 6.07) is 0. The topological polar surface area (TPSA) is 125 Å². The number of fused-ring (bicyclic) bond motifs is 1. The van der Waals surface area contributed by atoms with Crippen molar-refractivity contribution in [2.24, 2.45) is 0 Å². The molecule has 11 heteroatoms. The first-order valence-electron chi connectivity index (χ1n) is 5.23. The van der Waals surface area contributed by atoms with Crippen molar-refractivity contribution < 1.29 is 18.6 Å². The molecular formula is C8H11BN5O4P. The minimum atomic E-state index is -3.85. The predicted octanol–water partition coefficient (Wildman–Crippen LogP) is -0.332. The van der Waals surface area contributed by atoms with Gasteiger partial charge in [-0.1, -0.05) is 0 Å². The predicted molar refractivity (Wildman–Crippen MR) is 67.2 cm³/mol. The molecule has 9 nitrogen and oxygen atoms in total. The highest BCUT2D eigenvalue weighted by Crippen LogP contribution is 2.39. The lowest BCUT2D eigenvalue weighted by molar-refractivity contribution is 0.151. The first-order valence-corrected chi connectivity index (χ1v) is 6.99. The van der Waals surface area contributed by atoms with E-state index in [1.165, 1.54) is 12.7 Å². The summed E-state index contributed by atoms with van der Waals surface area (Å²) in [4.78, 5) is 21.0. The number of hydrogen-bond acceptors (Lipinski definition) is 7. The number of anilines is 1. The van der Waals surface area contributed by atoms with Gasteiger partial charge in [-0.05, 0) is 0 Å². The van der Waals surface area contributed by atoms with Gasteiger partial charge in [-0.2, -0.15) is 0 Å². The number of imidazole rings is 1. The van der Waals surface area contributed by atoms with E-state index in [0.717, 1.165) is 0 Å². The van der Waals surface area contributed by atoms with Gasteiger partial charge in [-0.15, -0.1) is 0 Å². The van der Waals surface area contributed by atoms with E-state index in [9.17, 15) is 4.57 Å². The van der Waals surface area contributed by atoms with Crippen LogP contribution in [-0.2, 0) is 20.3 Å². The van der Waals surface area contributed by atoms with Crippen molar-refractivity contribution in [3.8, 4) is 0 Å². The van der Waals surface area contributed by atoms with E-state index in [1.807, 2.05) is 0 Å². The fourth-order valence-corrected chi connectivity index (χ4v) is 1.86. The Hall–Kier alpha value is -1.48. The Labute approximate surface area is 109 Å². The SMILES string of the molecule is [B]OP(=O)(O)COCCn1cnc2c(N)ncnc21. The highest BCUT2D eigenvalue weighted by molar-refractivity contribution is 7.53. The minimum Gasteiger partial charge on any atom is -0.382 e. The molecule has 0 aliphatic heterocycles. The summed E-state index contributed by atoms with van der Waals surface area (Å²) in [6.07, 6.45) is 2.39. The molecule has 0 aliphatic carbocycles. The van der Waals surface area contributed by atoms with Gasteiger partial charge in [0.1, 0.15) is 18.2 Å². The van der Waals surface area contributed by atoms with Crippen LogP contribution in [0.4, 0.5) is 5.82 Å². The Morgan fingerprint density at radius 1 is 1.47 bits per heavy atom. The second-order valence-corrected chi connectivity index (χ2v) is 5.39. The molecular weight excluding hydrogens is 272 g/mol. The van der Waals surface area contributed by atoms with Crippen LogP contribution in [-0.4, -0.2) is 45.4 Å². The number of nitrogens with zero attached hydrogens (tertiary/aromatic N) is 4. The van der Waals surface area contributed by atoms with Gasteiger partial charge < -0.3 is 24.4 Å². The zero-order valence-electron chi connectivity index (χ0n) is 9.84. The fourth-order valence-electron chi connectivity index (χ4n) is 1.44. The molecule has 19 heavy (non-hydrogen) atoms. The monoisotopic (exact) mass is 283 g/mol. The highest BCUT2D eigenvalue weighted by atomic mass is 31.2. The van der Waals surface area contributed by atoms with Gasteiger partial charge in [0.15, 0.2) is 11.5 Å². The van der Waals surface area contributed by atoms with E-state index in [-0.39, 0.29) is 6.61 Å². The first kappa shape index (κ1) is 13.9. The largest absolute Gasteiger partial charge is 0.382 e. The minimum absolute atomic E-state index is 0.170. The molecule has 1 atom stereocenters. The van der Waals surface area contributed by atoms with Gasteiger partial charge in [0, 0.05) is 6.54 Å². The Bertz CT molecular complexity index is 620. The standard InChI is InChI=1S/C8H11BN5O4P/c9-18-19(15,16)5-17-2-1-14-4-13-6-7(10)11-3-12-8(6)14/h3-4H,1-2,5H2,(H,15,16)(H2,10,11,12). The Kier molecular flexibility index (Phi) is 4.15. The third kappa shape index (κ3) is 3.30. The van der Waals surface area contributed by atoms with Gasteiger partial charge in [-0.25, -0.2) is 15.0 Å². The smallest absolute Gasteiger partial charge is 0.338 e. The lowest BCUT2D eigenvalue weighted by atomic mass is 10.5. The van der Waals surface area contributed by atoms with Gasteiger partial charge in [0.25, 0.3) is 8.05 Å². The highest BCUT2D eigenvalue weighted by Gasteiger charge is 2.16. The molecule has 2 rings (SSSR count). The second kappa shape index (κ2) is 5.66. The molecule has 0 aromatic carbocycles. The molecule has 2 aromatic heterocycles. The quantitative estimate of drug-likeness (QED) is 0.419.